The van der Waals surface area contributed by atoms with E-state index in [0.29, 0.717) is 6.42 Å². The average Bonchev–Trinajstić information content (AvgIpc) is 3.48. The highest BCUT2D eigenvalue weighted by Gasteiger charge is 2.28. The second kappa shape index (κ2) is 12.8. The standard InChI is InChI=1S/C27H33N5O6S/c1-37-22-8-6-21(7-9-22)31-14-16-32(17-15-31)24(25-3-2-18-38-25)19-30-27(34)26(33)29-13-12-20-4-10-23(11-5-20)39(28,35)36/h2-11,18,24H,12-17,19H2,1H3,(H,29,33)(H,30,34)(H2,28,35,36). The smallest absolute Gasteiger partial charge is 0.309 e. The summed E-state index contributed by atoms with van der Waals surface area (Å²) in [6.07, 6.45) is 2.03. The largest absolute Gasteiger partial charge is 0.497 e. The van der Waals surface area contributed by atoms with Crippen molar-refractivity contribution >= 4 is 27.5 Å². The number of methoxy groups -OCH3 is 1. The number of carbonyl (C=O) groups is 2. The highest BCUT2D eigenvalue weighted by atomic mass is 32.2. The van der Waals surface area contributed by atoms with Crippen molar-refractivity contribution in [3.63, 3.8) is 0 Å². The molecule has 1 aliphatic rings. The van der Waals surface area contributed by atoms with E-state index in [1.807, 2.05) is 30.3 Å². The Kier molecular flexibility index (Phi) is 9.23. The van der Waals surface area contributed by atoms with Gasteiger partial charge in [-0.05, 0) is 60.5 Å². The Balaban J connectivity index is 1.26. The van der Waals surface area contributed by atoms with E-state index in [2.05, 4.69) is 20.4 Å². The van der Waals surface area contributed by atoms with Gasteiger partial charge in [0.1, 0.15) is 11.5 Å². The maximum atomic E-state index is 12.5. The van der Waals surface area contributed by atoms with Crippen molar-refractivity contribution in [2.24, 2.45) is 5.14 Å². The van der Waals surface area contributed by atoms with E-state index >= 15 is 0 Å². The third-order valence-electron chi connectivity index (χ3n) is 6.68. The number of hydrogen-bond donors (Lipinski definition) is 3. The molecule has 0 bridgehead atoms. The van der Waals surface area contributed by atoms with E-state index < -0.39 is 21.8 Å². The zero-order valence-corrected chi connectivity index (χ0v) is 22.5. The minimum atomic E-state index is -3.76. The number of furan rings is 1. The van der Waals surface area contributed by atoms with Crippen LogP contribution in [-0.4, -0.2) is 71.5 Å². The number of ether oxygens (including phenoxy) is 1. The summed E-state index contributed by atoms with van der Waals surface area (Å²) in [6.45, 7) is 3.55. The van der Waals surface area contributed by atoms with Crippen LogP contribution in [0.5, 0.6) is 5.75 Å². The first kappa shape index (κ1) is 28.1. The van der Waals surface area contributed by atoms with Crippen LogP contribution in [0.25, 0.3) is 0 Å². The van der Waals surface area contributed by atoms with E-state index in [9.17, 15) is 18.0 Å². The Morgan fingerprint density at radius 2 is 1.64 bits per heavy atom. The first-order chi connectivity index (χ1) is 18.7. The second-order valence-corrected chi connectivity index (χ2v) is 10.7. The number of piperazine rings is 1. The Bertz CT molecular complexity index is 1340. The molecule has 4 N–H and O–H groups in total. The lowest BCUT2D eigenvalue weighted by Crippen LogP contribution is -2.50. The number of nitrogens with two attached hydrogens (primary N) is 1. The fourth-order valence-corrected chi connectivity index (χ4v) is 5.01. The molecule has 0 saturated carbocycles. The Hall–Kier alpha value is -3.87. The van der Waals surface area contributed by atoms with Crippen molar-refractivity contribution in [2.75, 3.05) is 51.3 Å². The fraction of sp³-hybridized carbons (Fsp3) is 0.333. The van der Waals surface area contributed by atoms with E-state index in [1.54, 1.807) is 31.6 Å². The van der Waals surface area contributed by atoms with E-state index in [4.69, 9.17) is 14.3 Å². The minimum Gasteiger partial charge on any atom is -0.497 e. The zero-order chi connectivity index (χ0) is 27.8. The van der Waals surface area contributed by atoms with Gasteiger partial charge >= 0.3 is 11.8 Å². The second-order valence-electron chi connectivity index (χ2n) is 9.16. The number of amides is 2. The molecule has 208 valence electrons. The fourth-order valence-electron chi connectivity index (χ4n) is 4.49. The summed E-state index contributed by atoms with van der Waals surface area (Å²) < 4.78 is 33.6. The van der Waals surface area contributed by atoms with Crippen molar-refractivity contribution in [2.45, 2.75) is 17.4 Å². The summed E-state index contributed by atoms with van der Waals surface area (Å²) in [5.74, 6) is 0.0667. The first-order valence-electron chi connectivity index (χ1n) is 12.6. The summed E-state index contributed by atoms with van der Waals surface area (Å²) in [5.41, 5.74) is 1.92. The lowest BCUT2D eigenvalue weighted by molar-refractivity contribution is -0.139. The number of sulfonamides is 1. The molecule has 1 unspecified atom stereocenters. The third-order valence-corrected chi connectivity index (χ3v) is 7.61. The van der Waals surface area contributed by atoms with Gasteiger partial charge in [0, 0.05) is 45.0 Å². The summed E-state index contributed by atoms with van der Waals surface area (Å²) in [7, 11) is -2.12. The number of carbonyl (C=O) groups excluding carboxylic acids is 2. The zero-order valence-electron chi connectivity index (χ0n) is 21.7. The maximum absolute atomic E-state index is 12.5. The first-order valence-corrected chi connectivity index (χ1v) is 14.1. The van der Waals surface area contributed by atoms with Gasteiger partial charge in [-0.2, -0.15) is 0 Å². The molecule has 2 heterocycles. The van der Waals surface area contributed by atoms with Crippen molar-refractivity contribution in [3.8, 4) is 5.75 Å². The van der Waals surface area contributed by atoms with Gasteiger partial charge in [-0.15, -0.1) is 0 Å². The van der Waals surface area contributed by atoms with Gasteiger partial charge in [-0.1, -0.05) is 12.1 Å². The molecule has 12 heteroatoms. The summed E-state index contributed by atoms with van der Waals surface area (Å²) >= 11 is 0. The third kappa shape index (κ3) is 7.59. The number of nitrogens with one attached hydrogen (secondary N) is 2. The van der Waals surface area contributed by atoms with E-state index in [1.165, 1.54) is 12.1 Å². The molecule has 0 spiro atoms. The van der Waals surface area contributed by atoms with Gasteiger partial charge in [-0.25, -0.2) is 13.6 Å². The van der Waals surface area contributed by atoms with Crippen molar-refractivity contribution < 1.29 is 27.2 Å². The molecule has 0 aliphatic carbocycles. The number of hydrogen-bond acceptors (Lipinski definition) is 8. The molecule has 4 rings (SSSR count). The van der Waals surface area contributed by atoms with Crippen molar-refractivity contribution in [1.29, 1.82) is 0 Å². The topological polar surface area (TPSA) is 147 Å². The Morgan fingerprint density at radius 3 is 2.23 bits per heavy atom. The van der Waals surface area contributed by atoms with Gasteiger partial charge in [0.15, 0.2) is 0 Å². The summed E-state index contributed by atoms with van der Waals surface area (Å²) in [5, 5.41) is 10.4. The normalized spacial score (nSPS) is 15.0. The van der Waals surface area contributed by atoms with Crippen LogP contribution >= 0.6 is 0 Å². The lowest BCUT2D eigenvalue weighted by Gasteiger charge is -2.39. The average molecular weight is 556 g/mol. The Morgan fingerprint density at radius 1 is 0.974 bits per heavy atom. The van der Waals surface area contributed by atoms with Crippen LogP contribution in [0.4, 0.5) is 5.69 Å². The number of nitrogens with zero attached hydrogens (tertiary/aromatic N) is 2. The molecule has 1 aliphatic heterocycles. The lowest BCUT2D eigenvalue weighted by atomic mass is 10.1. The molecule has 1 atom stereocenters. The predicted molar refractivity (Wildman–Crippen MR) is 146 cm³/mol. The van der Waals surface area contributed by atoms with Gasteiger partial charge < -0.3 is 24.7 Å². The van der Waals surface area contributed by atoms with Crippen molar-refractivity contribution in [1.82, 2.24) is 15.5 Å². The van der Waals surface area contributed by atoms with Gasteiger partial charge in [-0.3, -0.25) is 14.5 Å². The van der Waals surface area contributed by atoms with Crippen LogP contribution in [0.1, 0.15) is 17.4 Å². The molecular weight excluding hydrogens is 522 g/mol. The monoisotopic (exact) mass is 555 g/mol. The molecule has 39 heavy (non-hydrogen) atoms. The van der Waals surface area contributed by atoms with E-state index in [0.717, 1.165) is 48.9 Å². The molecule has 2 amide bonds. The number of rotatable bonds is 10. The van der Waals surface area contributed by atoms with Crippen LogP contribution in [0.3, 0.4) is 0 Å². The molecule has 2 aromatic carbocycles. The number of primary sulfonamides is 1. The van der Waals surface area contributed by atoms with Gasteiger partial charge in [0.2, 0.25) is 10.0 Å². The van der Waals surface area contributed by atoms with Crippen molar-refractivity contribution in [3.05, 3.63) is 78.3 Å². The molecule has 11 nitrogen and oxygen atoms in total. The number of anilines is 1. The highest BCUT2D eigenvalue weighted by Crippen LogP contribution is 2.25. The molecule has 1 aromatic heterocycles. The molecule has 1 saturated heterocycles. The highest BCUT2D eigenvalue weighted by molar-refractivity contribution is 7.89. The minimum absolute atomic E-state index is 0.0166. The van der Waals surface area contributed by atoms with Crippen LogP contribution in [0.15, 0.2) is 76.2 Å². The van der Waals surface area contributed by atoms with Crippen LogP contribution < -0.4 is 25.4 Å². The Labute approximate surface area is 228 Å². The predicted octanol–water partition coefficient (Wildman–Crippen LogP) is 1.27. The van der Waals surface area contributed by atoms with E-state index in [-0.39, 0.29) is 24.0 Å². The number of benzene rings is 2. The molecule has 1 fully saturated rings. The summed E-state index contributed by atoms with van der Waals surface area (Å²) in [4.78, 5) is 29.4. The van der Waals surface area contributed by atoms with Crippen LogP contribution in [-0.2, 0) is 26.0 Å². The molecular formula is C27H33N5O6S. The summed E-state index contributed by atoms with van der Waals surface area (Å²) in [6, 6.07) is 17.5. The van der Waals surface area contributed by atoms with Crippen LogP contribution in [0, 0.1) is 0 Å². The van der Waals surface area contributed by atoms with Gasteiger partial charge in [0.25, 0.3) is 0 Å². The molecule has 3 aromatic rings. The quantitative estimate of drug-likeness (QED) is 0.317. The van der Waals surface area contributed by atoms with Gasteiger partial charge in [0.05, 0.1) is 24.3 Å². The maximum Gasteiger partial charge on any atom is 0.309 e. The molecule has 0 radical (unpaired) electrons. The SMILES string of the molecule is COc1ccc(N2CCN(C(CNC(=O)C(=O)NCCc3ccc(S(N)(=O)=O)cc3)c3ccco3)CC2)cc1. The van der Waals surface area contributed by atoms with Crippen LogP contribution in [0.2, 0.25) is 0 Å².